The van der Waals surface area contributed by atoms with Crippen LogP contribution in [0.25, 0.3) is 21.9 Å². The number of ether oxygens (including phenoxy) is 2. The number of hydrogen-bond donors (Lipinski definition) is 1. The molecule has 1 atom stereocenters. The summed E-state index contributed by atoms with van der Waals surface area (Å²) in [5, 5.41) is 10.1. The molecule has 1 aliphatic heterocycles. The average molecular weight is 472 g/mol. The number of hydrogen-bond acceptors (Lipinski definition) is 4. The molecule has 0 amide bonds. The smallest absolute Gasteiger partial charge is 0.339 e. The number of aromatic nitrogens is 1. The van der Waals surface area contributed by atoms with Crippen molar-refractivity contribution in [2.24, 2.45) is 7.05 Å². The molecular formula is C26H27F2NO5. The molecule has 0 radical (unpaired) electrons. The van der Waals surface area contributed by atoms with Crippen LogP contribution in [0.5, 0.6) is 5.75 Å². The van der Waals surface area contributed by atoms with Crippen LogP contribution >= 0.6 is 0 Å². The lowest BCUT2D eigenvalue weighted by Crippen LogP contribution is -2.33. The van der Waals surface area contributed by atoms with Crippen molar-refractivity contribution in [3.05, 3.63) is 63.1 Å². The van der Waals surface area contributed by atoms with E-state index in [2.05, 4.69) is 0 Å². The van der Waals surface area contributed by atoms with Gasteiger partial charge >= 0.3 is 5.97 Å². The summed E-state index contributed by atoms with van der Waals surface area (Å²) >= 11 is 0. The van der Waals surface area contributed by atoms with E-state index < -0.39 is 34.9 Å². The van der Waals surface area contributed by atoms with Crippen molar-refractivity contribution in [1.29, 1.82) is 0 Å². The fourth-order valence-electron chi connectivity index (χ4n) is 4.62. The number of aliphatic carboxylic acids is 1. The molecule has 180 valence electrons. The second kappa shape index (κ2) is 8.51. The topological polar surface area (TPSA) is 77.8 Å². The molecule has 3 aromatic rings. The van der Waals surface area contributed by atoms with Crippen LogP contribution in [0.15, 0.2) is 29.1 Å². The minimum absolute atomic E-state index is 0.0182. The highest BCUT2D eigenvalue weighted by atomic mass is 19.1. The third kappa shape index (κ3) is 3.96. The van der Waals surface area contributed by atoms with Crippen LogP contribution in [0.4, 0.5) is 8.78 Å². The molecule has 8 heteroatoms. The standard InChI is InChI=1S/C26H27F2NO5/c1-13-14-9-7-11-33-22(14)18(28)12-16(13)19-15-8-6-10-17(27)20(15)24(30)29(5)21(19)23(25(31)32)34-26(2,3)4/h6,8,10,12,23H,7,9,11H2,1-5H3,(H,31,32). The van der Waals surface area contributed by atoms with E-state index in [1.165, 1.54) is 25.2 Å². The second-order valence-corrected chi connectivity index (χ2v) is 9.53. The quantitative estimate of drug-likeness (QED) is 0.576. The van der Waals surface area contributed by atoms with E-state index in [0.29, 0.717) is 36.1 Å². The van der Waals surface area contributed by atoms with Gasteiger partial charge in [0.15, 0.2) is 17.7 Å². The Kier molecular flexibility index (Phi) is 5.97. The number of carboxylic acid groups (broad SMARTS) is 1. The molecule has 0 aliphatic carbocycles. The number of halogens is 2. The molecule has 1 N–H and O–H groups in total. The van der Waals surface area contributed by atoms with Gasteiger partial charge in [0.1, 0.15) is 5.82 Å². The van der Waals surface area contributed by atoms with Gasteiger partial charge in [0.2, 0.25) is 0 Å². The lowest BCUT2D eigenvalue weighted by atomic mass is 9.87. The van der Waals surface area contributed by atoms with Crippen LogP contribution in [0, 0.1) is 18.6 Å². The van der Waals surface area contributed by atoms with Crippen molar-refractivity contribution in [1.82, 2.24) is 4.57 Å². The van der Waals surface area contributed by atoms with E-state index in [1.807, 2.05) is 0 Å². The molecule has 6 nitrogen and oxygen atoms in total. The lowest BCUT2D eigenvalue weighted by Gasteiger charge is -2.29. The zero-order valence-electron chi connectivity index (χ0n) is 19.8. The zero-order valence-corrected chi connectivity index (χ0v) is 19.8. The largest absolute Gasteiger partial charge is 0.490 e. The van der Waals surface area contributed by atoms with Gasteiger partial charge in [0.05, 0.1) is 23.3 Å². The molecule has 1 aliphatic rings. The summed E-state index contributed by atoms with van der Waals surface area (Å²) in [6, 6.07) is 5.42. The minimum atomic E-state index is -1.56. The lowest BCUT2D eigenvalue weighted by molar-refractivity contribution is -0.161. The summed E-state index contributed by atoms with van der Waals surface area (Å²) in [7, 11) is 1.38. The summed E-state index contributed by atoms with van der Waals surface area (Å²) in [5.41, 5.74) is 0.414. The molecule has 4 rings (SSSR count). The van der Waals surface area contributed by atoms with Gasteiger partial charge in [-0.2, -0.15) is 0 Å². The van der Waals surface area contributed by atoms with Crippen molar-refractivity contribution < 1.29 is 28.2 Å². The first-order chi connectivity index (χ1) is 15.9. The first-order valence-electron chi connectivity index (χ1n) is 11.1. The Morgan fingerprint density at radius 1 is 1.24 bits per heavy atom. The van der Waals surface area contributed by atoms with E-state index in [9.17, 15) is 19.1 Å². The van der Waals surface area contributed by atoms with Crippen molar-refractivity contribution in [3.8, 4) is 16.9 Å². The molecule has 0 bridgehead atoms. The van der Waals surface area contributed by atoms with Crippen LogP contribution in [0.3, 0.4) is 0 Å². The molecule has 34 heavy (non-hydrogen) atoms. The minimum Gasteiger partial charge on any atom is -0.490 e. The summed E-state index contributed by atoms with van der Waals surface area (Å²) in [4.78, 5) is 25.6. The SMILES string of the molecule is Cc1c(-c2c(C(OC(C)(C)C)C(=O)O)n(C)c(=O)c3c(F)cccc23)cc(F)c2c1CCCO2. The molecule has 2 aromatic carbocycles. The van der Waals surface area contributed by atoms with Crippen LogP contribution in [-0.2, 0) is 23.0 Å². The summed E-state index contributed by atoms with van der Waals surface area (Å²) in [6.07, 6.45) is -0.271. The second-order valence-electron chi connectivity index (χ2n) is 9.53. The number of pyridine rings is 1. The fraction of sp³-hybridized carbons (Fsp3) is 0.385. The molecule has 0 fully saturated rings. The van der Waals surface area contributed by atoms with Gasteiger partial charge in [-0.15, -0.1) is 0 Å². The van der Waals surface area contributed by atoms with Crippen molar-refractivity contribution in [3.63, 3.8) is 0 Å². The maximum Gasteiger partial charge on any atom is 0.339 e. The van der Waals surface area contributed by atoms with Crippen LogP contribution in [0.2, 0.25) is 0 Å². The Morgan fingerprint density at radius 2 is 1.94 bits per heavy atom. The molecule has 2 heterocycles. The highest BCUT2D eigenvalue weighted by Crippen LogP contribution is 2.43. The maximum absolute atomic E-state index is 15.2. The van der Waals surface area contributed by atoms with Gasteiger partial charge in [-0.05, 0) is 69.2 Å². The Labute approximate surface area is 195 Å². The van der Waals surface area contributed by atoms with E-state index in [-0.39, 0.29) is 27.8 Å². The first-order valence-corrected chi connectivity index (χ1v) is 11.1. The van der Waals surface area contributed by atoms with E-state index in [0.717, 1.165) is 4.57 Å². The molecule has 1 aromatic heterocycles. The monoisotopic (exact) mass is 471 g/mol. The van der Waals surface area contributed by atoms with Gasteiger partial charge in [-0.1, -0.05) is 12.1 Å². The third-order valence-corrected chi connectivity index (χ3v) is 6.07. The van der Waals surface area contributed by atoms with Crippen LogP contribution < -0.4 is 10.3 Å². The molecule has 0 saturated heterocycles. The van der Waals surface area contributed by atoms with E-state index in [1.54, 1.807) is 33.8 Å². The highest BCUT2D eigenvalue weighted by molar-refractivity contribution is 6.00. The Hall–Kier alpha value is -3.26. The zero-order chi connectivity index (χ0) is 24.9. The fourth-order valence-corrected chi connectivity index (χ4v) is 4.62. The van der Waals surface area contributed by atoms with Crippen LogP contribution in [0.1, 0.15) is 50.1 Å². The van der Waals surface area contributed by atoms with E-state index >= 15 is 4.39 Å². The normalized spacial score (nSPS) is 14.6. The van der Waals surface area contributed by atoms with E-state index in [4.69, 9.17) is 9.47 Å². The molecule has 0 saturated carbocycles. The third-order valence-electron chi connectivity index (χ3n) is 6.07. The number of carbonyl (C=O) groups is 1. The van der Waals surface area contributed by atoms with Gasteiger partial charge in [0, 0.05) is 18.2 Å². The number of nitrogens with zero attached hydrogens (tertiary/aromatic N) is 1. The Balaban J connectivity index is 2.19. The maximum atomic E-state index is 15.2. The van der Waals surface area contributed by atoms with Crippen molar-refractivity contribution in [2.45, 2.75) is 52.2 Å². The average Bonchev–Trinajstić information content (AvgIpc) is 2.76. The first kappa shape index (κ1) is 23.9. The molecule has 1 unspecified atom stereocenters. The van der Waals surface area contributed by atoms with Gasteiger partial charge in [0.25, 0.3) is 5.56 Å². The van der Waals surface area contributed by atoms with Crippen molar-refractivity contribution in [2.75, 3.05) is 6.61 Å². The predicted octanol–water partition coefficient (Wildman–Crippen LogP) is 5.06. The number of fused-ring (bicyclic) bond motifs is 2. The molecular weight excluding hydrogens is 444 g/mol. The van der Waals surface area contributed by atoms with Gasteiger partial charge in [-0.3, -0.25) is 4.79 Å². The number of benzene rings is 2. The predicted molar refractivity (Wildman–Crippen MR) is 124 cm³/mol. The van der Waals surface area contributed by atoms with Gasteiger partial charge < -0.3 is 19.1 Å². The summed E-state index contributed by atoms with van der Waals surface area (Å²) in [5.74, 6) is -2.48. The Morgan fingerprint density at radius 3 is 2.59 bits per heavy atom. The highest BCUT2D eigenvalue weighted by Gasteiger charge is 2.34. The number of rotatable bonds is 4. The summed E-state index contributed by atoms with van der Waals surface area (Å²) < 4.78 is 42.6. The summed E-state index contributed by atoms with van der Waals surface area (Å²) in [6.45, 7) is 7.29. The Bertz CT molecular complexity index is 1370. The van der Waals surface area contributed by atoms with Crippen LogP contribution in [-0.4, -0.2) is 27.9 Å². The number of carboxylic acids is 1. The van der Waals surface area contributed by atoms with Gasteiger partial charge in [-0.25, -0.2) is 13.6 Å². The van der Waals surface area contributed by atoms with Crippen molar-refractivity contribution >= 4 is 16.7 Å². The molecule has 0 spiro atoms.